The molecule has 0 bridgehead atoms. The summed E-state index contributed by atoms with van der Waals surface area (Å²) in [5.41, 5.74) is 6.96. The summed E-state index contributed by atoms with van der Waals surface area (Å²) >= 11 is 0. The summed E-state index contributed by atoms with van der Waals surface area (Å²) in [6.07, 6.45) is 8.61. The molecule has 0 radical (unpaired) electrons. The minimum Gasteiger partial charge on any atom is -0.373 e. The highest BCUT2D eigenvalue weighted by Crippen LogP contribution is 2.55. The lowest BCUT2D eigenvalue weighted by Gasteiger charge is -2.20. The van der Waals surface area contributed by atoms with Gasteiger partial charge in [-0.25, -0.2) is 0 Å². The fourth-order valence-corrected chi connectivity index (χ4v) is 2.12. The van der Waals surface area contributed by atoms with Crippen LogP contribution >= 0.6 is 0 Å². The zero-order valence-corrected chi connectivity index (χ0v) is 7.42. The van der Waals surface area contributed by atoms with E-state index in [0.29, 0.717) is 5.92 Å². The summed E-state index contributed by atoms with van der Waals surface area (Å²) in [6.45, 7) is 0.720. The van der Waals surface area contributed by atoms with Crippen LogP contribution in [0.1, 0.15) is 12.8 Å². The maximum Gasteiger partial charge on any atom is 0.0961 e. The number of allylic oxidation sites excluding steroid dienone is 2. The molecule has 0 spiro atoms. The number of ether oxygens (including phenoxy) is 1. The molecule has 1 fully saturated rings. The van der Waals surface area contributed by atoms with Crippen LogP contribution in [0.5, 0.6) is 0 Å². The molecule has 2 nitrogen and oxygen atoms in total. The van der Waals surface area contributed by atoms with Crippen molar-refractivity contribution in [1.29, 1.82) is 0 Å². The quantitative estimate of drug-likeness (QED) is 0.682. The maximum atomic E-state index is 5.54. The van der Waals surface area contributed by atoms with Crippen molar-refractivity contribution in [2.75, 3.05) is 13.7 Å². The van der Waals surface area contributed by atoms with Crippen LogP contribution in [0, 0.1) is 5.92 Å². The Kier molecular flexibility index (Phi) is 1.81. The molecule has 0 aromatic rings. The molecule has 2 aliphatic carbocycles. The van der Waals surface area contributed by atoms with Gasteiger partial charge in [-0.15, -0.1) is 0 Å². The van der Waals surface area contributed by atoms with E-state index in [1.807, 2.05) is 0 Å². The number of methoxy groups -OCH3 is 1. The summed E-state index contributed by atoms with van der Waals surface area (Å²) in [5, 5.41) is 0. The van der Waals surface area contributed by atoms with Crippen molar-refractivity contribution in [2.45, 2.75) is 18.4 Å². The third-order valence-electron chi connectivity index (χ3n) is 2.92. The third-order valence-corrected chi connectivity index (χ3v) is 2.92. The zero-order valence-electron chi connectivity index (χ0n) is 7.42. The van der Waals surface area contributed by atoms with Crippen LogP contribution in [0.25, 0.3) is 0 Å². The normalized spacial score (nSPS) is 37.5. The first-order valence-electron chi connectivity index (χ1n) is 4.46. The average molecular weight is 165 g/mol. The van der Waals surface area contributed by atoms with Gasteiger partial charge in [0.15, 0.2) is 0 Å². The van der Waals surface area contributed by atoms with E-state index in [-0.39, 0.29) is 5.60 Å². The molecule has 0 aromatic carbocycles. The maximum absolute atomic E-state index is 5.54. The fourth-order valence-electron chi connectivity index (χ4n) is 2.12. The monoisotopic (exact) mass is 165 g/mol. The minimum atomic E-state index is 0.0497. The number of nitrogens with two attached hydrogens (primary N) is 1. The van der Waals surface area contributed by atoms with Gasteiger partial charge in [-0.1, -0.05) is 18.2 Å². The Labute approximate surface area is 73.1 Å². The Balaban J connectivity index is 2.18. The van der Waals surface area contributed by atoms with Crippen LogP contribution in [0.3, 0.4) is 0 Å². The van der Waals surface area contributed by atoms with E-state index in [4.69, 9.17) is 10.5 Å². The molecule has 2 heteroatoms. The van der Waals surface area contributed by atoms with Gasteiger partial charge >= 0.3 is 0 Å². The van der Waals surface area contributed by atoms with Crippen molar-refractivity contribution >= 4 is 0 Å². The van der Waals surface area contributed by atoms with E-state index in [0.717, 1.165) is 19.4 Å². The number of fused-ring (bicyclic) bond motifs is 1. The topological polar surface area (TPSA) is 35.2 Å². The summed E-state index contributed by atoms with van der Waals surface area (Å²) in [6, 6.07) is 0. The smallest absolute Gasteiger partial charge is 0.0961 e. The van der Waals surface area contributed by atoms with E-state index < -0.39 is 0 Å². The van der Waals surface area contributed by atoms with Gasteiger partial charge in [-0.3, -0.25) is 0 Å². The highest BCUT2D eigenvalue weighted by Gasteiger charge is 2.56. The third kappa shape index (κ3) is 0.952. The summed E-state index contributed by atoms with van der Waals surface area (Å²) in [5.74, 6) is 0.619. The van der Waals surface area contributed by atoms with Gasteiger partial charge in [0.2, 0.25) is 0 Å². The summed E-state index contributed by atoms with van der Waals surface area (Å²) < 4.78 is 5.54. The van der Waals surface area contributed by atoms with Crippen LogP contribution in [0.4, 0.5) is 0 Å². The van der Waals surface area contributed by atoms with Gasteiger partial charge in [-0.05, 0) is 25.0 Å². The number of rotatable bonds is 3. The van der Waals surface area contributed by atoms with Gasteiger partial charge in [0.25, 0.3) is 0 Å². The van der Waals surface area contributed by atoms with Gasteiger partial charge in [0.05, 0.1) is 5.60 Å². The molecule has 2 aliphatic rings. The molecule has 0 amide bonds. The van der Waals surface area contributed by atoms with Gasteiger partial charge in [0.1, 0.15) is 0 Å². The molecule has 1 saturated carbocycles. The molecule has 2 atom stereocenters. The largest absolute Gasteiger partial charge is 0.373 e. The second-order valence-electron chi connectivity index (χ2n) is 3.52. The highest BCUT2D eigenvalue weighted by molar-refractivity contribution is 5.39. The average Bonchev–Trinajstić information content (AvgIpc) is 2.81. The van der Waals surface area contributed by atoms with E-state index in [1.54, 1.807) is 7.11 Å². The Morgan fingerprint density at radius 1 is 1.75 bits per heavy atom. The lowest BCUT2D eigenvalue weighted by Crippen LogP contribution is -2.21. The lowest BCUT2D eigenvalue weighted by molar-refractivity contribution is 0.0984. The van der Waals surface area contributed by atoms with Crippen molar-refractivity contribution < 1.29 is 4.74 Å². The molecule has 0 aliphatic heterocycles. The molecule has 66 valence electrons. The first kappa shape index (κ1) is 8.02. The van der Waals surface area contributed by atoms with Gasteiger partial charge in [-0.2, -0.15) is 0 Å². The SMILES string of the molecule is COC12CC1C=CC=C2CCN. The first-order valence-corrected chi connectivity index (χ1v) is 4.46. The molecule has 0 heterocycles. The minimum absolute atomic E-state index is 0.0497. The van der Waals surface area contributed by atoms with Crippen LogP contribution in [-0.2, 0) is 4.74 Å². The molecule has 2 rings (SSSR count). The molecule has 0 saturated heterocycles. The van der Waals surface area contributed by atoms with Crippen molar-refractivity contribution in [3.63, 3.8) is 0 Å². The summed E-state index contributed by atoms with van der Waals surface area (Å²) in [4.78, 5) is 0. The molecule has 0 aromatic heterocycles. The molecular formula is C10H15NO. The second-order valence-corrected chi connectivity index (χ2v) is 3.52. The molecular weight excluding hydrogens is 150 g/mol. The summed E-state index contributed by atoms with van der Waals surface area (Å²) in [7, 11) is 1.80. The van der Waals surface area contributed by atoms with Crippen molar-refractivity contribution in [1.82, 2.24) is 0 Å². The fraction of sp³-hybridized carbons (Fsp3) is 0.600. The zero-order chi connectivity index (χ0) is 8.60. The second kappa shape index (κ2) is 2.71. The van der Waals surface area contributed by atoms with Crippen LogP contribution in [-0.4, -0.2) is 19.3 Å². The Hall–Kier alpha value is -0.600. The van der Waals surface area contributed by atoms with E-state index in [9.17, 15) is 0 Å². The van der Waals surface area contributed by atoms with E-state index >= 15 is 0 Å². The molecule has 2 unspecified atom stereocenters. The Bertz CT molecular complexity index is 244. The Morgan fingerprint density at radius 2 is 2.58 bits per heavy atom. The van der Waals surface area contributed by atoms with Gasteiger partial charge in [0, 0.05) is 13.0 Å². The van der Waals surface area contributed by atoms with Crippen molar-refractivity contribution in [2.24, 2.45) is 11.7 Å². The van der Waals surface area contributed by atoms with Crippen molar-refractivity contribution in [3.05, 3.63) is 23.8 Å². The van der Waals surface area contributed by atoms with Crippen LogP contribution < -0.4 is 5.73 Å². The van der Waals surface area contributed by atoms with E-state index in [1.165, 1.54) is 5.57 Å². The standard InChI is InChI=1S/C10H15NO/c1-12-10-7-9(10)4-2-3-8(10)5-6-11/h2-4,9H,5-7,11H2,1H3. The number of hydrogen-bond donors (Lipinski definition) is 1. The predicted molar refractivity (Wildman–Crippen MR) is 48.7 cm³/mol. The number of hydrogen-bond acceptors (Lipinski definition) is 2. The van der Waals surface area contributed by atoms with E-state index in [2.05, 4.69) is 18.2 Å². The highest BCUT2D eigenvalue weighted by atomic mass is 16.5. The molecule has 2 N–H and O–H groups in total. The molecule has 12 heavy (non-hydrogen) atoms. The predicted octanol–water partition coefficient (Wildman–Crippen LogP) is 1.24. The van der Waals surface area contributed by atoms with Crippen LogP contribution in [0.15, 0.2) is 23.8 Å². The first-order chi connectivity index (χ1) is 5.83. The van der Waals surface area contributed by atoms with Gasteiger partial charge < -0.3 is 10.5 Å². The van der Waals surface area contributed by atoms with Crippen LogP contribution in [0.2, 0.25) is 0 Å². The van der Waals surface area contributed by atoms with Crippen molar-refractivity contribution in [3.8, 4) is 0 Å². The Morgan fingerprint density at radius 3 is 3.25 bits per heavy atom. The lowest BCUT2D eigenvalue weighted by atomic mass is 9.98.